The highest BCUT2D eigenvalue weighted by atomic mass is 16.6. The summed E-state index contributed by atoms with van der Waals surface area (Å²) in [6.45, 7) is 17.7. The molecule has 33 heavy (non-hydrogen) atoms. The highest BCUT2D eigenvalue weighted by Gasteiger charge is 2.28. The van der Waals surface area contributed by atoms with Crippen molar-refractivity contribution in [3.05, 3.63) is 0 Å². The zero-order chi connectivity index (χ0) is 25.9. The second-order valence-electron chi connectivity index (χ2n) is 9.70. The predicted molar refractivity (Wildman–Crippen MR) is 124 cm³/mol. The maximum atomic E-state index is 11.4. The fourth-order valence-corrected chi connectivity index (χ4v) is 2.24. The van der Waals surface area contributed by atoms with Crippen molar-refractivity contribution >= 4 is 24.1 Å². The second kappa shape index (κ2) is 15.3. The molecule has 0 saturated heterocycles. The Labute approximate surface area is 196 Å². The third-order valence-corrected chi connectivity index (χ3v) is 4.30. The first-order valence-corrected chi connectivity index (χ1v) is 10.8. The van der Waals surface area contributed by atoms with Crippen LogP contribution in [0.25, 0.3) is 0 Å². The number of carboxylic acid groups (broad SMARTS) is 2. The lowest BCUT2D eigenvalue weighted by molar-refractivity contribution is -0.141. The molecule has 0 aromatic rings. The first-order valence-electron chi connectivity index (χ1n) is 10.8. The SMILES string of the molecule is CCC(C)[C@H](NC(=O)OC(C)(C)C)C(=O)O.CCC(C)[C@H](NC(=O)OC(C)(C)C)C(=O)O.O. The Morgan fingerprint density at radius 3 is 1.09 bits per heavy atom. The van der Waals surface area contributed by atoms with Gasteiger partial charge in [-0.25, -0.2) is 19.2 Å². The number of carbonyl (C=O) groups is 4. The van der Waals surface area contributed by atoms with E-state index in [0.29, 0.717) is 12.8 Å². The van der Waals surface area contributed by atoms with Gasteiger partial charge in [0.25, 0.3) is 0 Å². The van der Waals surface area contributed by atoms with Crippen molar-refractivity contribution in [3.63, 3.8) is 0 Å². The van der Waals surface area contributed by atoms with E-state index in [1.165, 1.54) is 0 Å². The van der Waals surface area contributed by atoms with Crippen LogP contribution < -0.4 is 10.6 Å². The summed E-state index contributed by atoms with van der Waals surface area (Å²) in [6, 6.07) is -1.81. The minimum atomic E-state index is -1.04. The van der Waals surface area contributed by atoms with Gasteiger partial charge < -0.3 is 35.8 Å². The van der Waals surface area contributed by atoms with E-state index in [-0.39, 0.29) is 17.3 Å². The Morgan fingerprint density at radius 2 is 0.939 bits per heavy atom. The summed E-state index contributed by atoms with van der Waals surface area (Å²) in [6.07, 6.45) is -0.0418. The van der Waals surface area contributed by atoms with Crippen molar-refractivity contribution < 1.29 is 44.3 Å². The Kier molecular flexibility index (Phi) is 16.3. The van der Waals surface area contributed by atoms with Crippen LogP contribution in [0.5, 0.6) is 0 Å². The molecule has 0 aliphatic rings. The molecule has 0 aliphatic heterocycles. The highest BCUT2D eigenvalue weighted by Crippen LogP contribution is 2.12. The number of hydrogen-bond acceptors (Lipinski definition) is 6. The van der Waals surface area contributed by atoms with Crippen molar-refractivity contribution in [1.82, 2.24) is 10.6 Å². The zero-order valence-electron chi connectivity index (χ0n) is 21.6. The number of nitrogens with one attached hydrogen (secondary N) is 2. The van der Waals surface area contributed by atoms with E-state index in [1.54, 1.807) is 55.4 Å². The van der Waals surface area contributed by atoms with Crippen molar-refractivity contribution in [2.75, 3.05) is 0 Å². The average molecular weight is 481 g/mol. The third kappa shape index (κ3) is 17.6. The highest BCUT2D eigenvalue weighted by molar-refractivity contribution is 5.80. The Morgan fingerprint density at radius 1 is 0.697 bits per heavy atom. The number of carboxylic acids is 2. The van der Waals surface area contributed by atoms with Gasteiger partial charge in [0.15, 0.2) is 0 Å². The number of aliphatic carboxylic acids is 2. The minimum absolute atomic E-state index is 0. The molecule has 4 atom stereocenters. The molecule has 11 heteroatoms. The van der Waals surface area contributed by atoms with E-state index >= 15 is 0 Å². The van der Waals surface area contributed by atoms with Gasteiger partial charge in [0, 0.05) is 0 Å². The van der Waals surface area contributed by atoms with Crippen molar-refractivity contribution in [1.29, 1.82) is 0 Å². The van der Waals surface area contributed by atoms with Crippen molar-refractivity contribution in [2.24, 2.45) is 11.8 Å². The molecule has 2 amide bonds. The Balaban J connectivity index is -0.000000529. The second-order valence-corrected chi connectivity index (χ2v) is 9.70. The lowest BCUT2D eigenvalue weighted by Gasteiger charge is -2.24. The van der Waals surface area contributed by atoms with Crippen LogP contribution in [0.4, 0.5) is 9.59 Å². The topological polar surface area (TPSA) is 183 Å². The number of hydrogen-bond donors (Lipinski definition) is 4. The lowest BCUT2D eigenvalue weighted by Crippen LogP contribution is -2.46. The average Bonchev–Trinajstić information content (AvgIpc) is 2.60. The molecule has 11 nitrogen and oxygen atoms in total. The quantitative estimate of drug-likeness (QED) is 0.408. The Bertz CT molecular complexity index is 570. The molecule has 0 fully saturated rings. The fourth-order valence-electron chi connectivity index (χ4n) is 2.24. The molecule has 0 saturated carbocycles. The van der Waals surface area contributed by atoms with Gasteiger partial charge >= 0.3 is 24.1 Å². The van der Waals surface area contributed by atoms with Gasteiger partial charge in [-0.2, -0.15) is 0 Å². The van der Waals surface area contributed by atoms with Gasteiger partial charge in [-0.3, -0.25) is 0 Å². The van der Waals surface area contributed by atoms with Gasteiger partial charge in [0.05, 0.1) is 0 Å². The first kappa shape index (κ1) is 35.0. The fraction of sp³-hybridized carbons (Fsp3) is 0.818. The predicted octanol–water partition coefficient (Wildman–Crippen LogP) is 3.20. The molecule has 0 rings (SSSR count). The third-order valence-electron chi connectivity index (χ3n) is 4.30. The van der Waals surface area contributed by atoms with E-state index in [4.69, 9.17) is 19.7 Å². The maximum absolute atomic E-state index is 11.4. The van der Waals surface area contributed by atoms with Crippen molar-refractivity contribution in [3.8, 4) is 0 Å². The largest absolute Gasteiger partial charge is 0.480 e. The standard InChI is InChI=1S/2C11H21NO4.H2O/c2*1-6-7(2)8(9(13)14)12-10(15)16-11(3,4)5;/h2*7-8H,6H2,1-5H3,(H,12,15)(H,13,14);1H2/t2*7?,8-;/m00./s1. The molecule has 0 spiro atoms. The molecule has 0 aromatic heterocycles. The summed E-state index contributed by atoms with van der Waals surface area (Å²) in [5.41, 5.74) is -1.24. The summed E-state index contributed by atoms with van der Waals surface area (Å²) in [5, 5.41) is 22.6. The summed E-state index contributed by atoms with van der Waals surface area (Å²) in [7, 11) is 0. The van der Waals surface area contributed by atoms with Crippen LogP contribution in [0.2, 0.25) is 0 Å². The van der Waals surface area contributed by atoms with Crippen LogP contribution in [-0.2, 0) is 19.1 Å². The molecule has 0 bridgehead atoms. The number of amides is 2. The number of ether oxygens (including phenoxy) is 2. The number of alkyl carbamates (subject to hydrolysis) is 2. The molecule has 0 radical (unpaired) electrons. The first-order chi connectivity index (χ1) is 14.3. The number of carbonyl (C=O) groups excluding carboxylic acids is 2. The molecule has 0 aliphatic carbocycles. The number of rotatable bonds is 8. The molecular formula is C22H44N2O9. The summed E-state index contributed by atoms with van der Waals surface area (Å²) in [5.74, 6) is -2.35. The van der Waals surface area contributed by atoms with E-state index in [0.717, 1.165) is 0 Å². The zero-order valence-corrected chi connectivity index (χ0v) is 21.6. The van der Waals surface area contributed by atoms with Crippen LogP contribution in [0.1, 0.15) is 82.1 Å². The summed E-state index contributed by atoms with van der Waals surface area (Å²) in [4.78, 5) is 44.7. The Hall–Kier alpha value is -2.56. The molecule has 2 unspecified atom stereocenters. The lowest BCUT2D eigenvalue weighted by atomic mass is 10.00. The van der Waals surface area contributed by atoms with E-state index in [2.05, 4.69) is 10.6 Å². The maximum Gasteiger partial charge on any atom is 0.408 e. The van der Waals surface area contributed by atoms with Gasteiger partial charge in [0.2, 0.25) is 0 Å². The molecular weight excluding hydrogens is 436 g/mol. The molecule has 0 aromatic carbocycles. The van der Waals surface area contributed by atoms with Crippen LogP contribution in [-0.4, -0.2) is 63.1 Å². The van der Waals surface area contributed by atoms with Crippen LogP contribution in [0, 0.1) is 11.8 Å². The van der Waals surface area contributed by atoms with E-state index in [9.17, 15) is 19.2 Å². The van der Waals surface area contributed by atoms with Crippen LogP contribution in [0.3, 0.4) is 0 Å². The summed E-state index contributed by atoms with van der Waals surface area (Å²) >= 11 is 0. The molecule has 196 valence electrons. The smallest absolute Gasteiger partial charge is 0.408 e. The van der Waals surface area contributed by atoms with Gasteiger partial charge in [0.1, 0.15) is 23.3 Å². The van der Waals surface area contributed by atoms with Gasteiger partial charge in [-0.05, 0) is 53.4 Å². The van der Waals surface area contributed by atoms with E-state index < -0.39 is 47.4 Å². The normalized spacial score (nSPS) is 14.6. The van der Waals surface area contributed by atoms with Gasteiger partial charge in [-0.1, -0.05) is 40.5 Å². The van der Waals surface area contributed by atoms with Crippen molar-refractivity contribution in [2.45, 2.75) is 105 Å². The van der Waals surface area contributed by atoms with Crippen LogP contribution in [0.15, 0.2) is 0 Å². The van der Waals surface area contributed by atoms with Gasteiger partial charge in [-0.15, -0.1) is 0 Å². The van der Waals surface area contributed by atoms with E-state index in [1.807, 2.05) is 13.8 Å². The van der Waals surface area contributed by atoms with Crippen LogP contribution >= 0.6 is 0 Å². The molecule has 6 N–H and O–H groups in total. The minimum Gasteiger partial charge on any atom is -0.480 e. The monoisotopic (exact) mass is 480 g/mol. The molecule has 0 heterocycles. The summed E-state index contributed by atoms with van der Waals surface area (Å²) < 4.78 is 10.00.